The number of rotatable bonds is 3. The molecule has 0 atom stereocenters. The van der Waals surface area contributed by atoms with E-state index in [2.05, 4.69) is 37.4 Å². The van der Waals surface area contributed by atoms with Crippen LogP contribution >= 0.6 is 0 Å². The summed E-state index contributed by atoms with van der Waals surface area (Å²) in [6, 6.07) is 10.5. The lowest BCUT2D eigenvalue weighted by Gasteiger charge is -2.23. The molecule has 3 heteroatoms. The van der Waals surface area contributed by atoms with Gasteiger partial charge in [0, 0.05) is 4.49 Å². The minimum Gasteiger partial charge on any atom is -0.213 e. The third-order valence-electron chi connectivity index (χ3n) is 3.15. The van der Waals surface area contributed by atoms with Crippen molar-refractivity contribution in [1.29, 1.82) is 0 Å². The molecule has 2 rings (SSSR count). The number of benzene rings is 1. The molecule has 0 bridgehead atoms. The Labute approximate surface area is 95.6 Å². The Hall–Kier alpha value is -0.673. The predicted octanol–water partition coefficient (Wildman–Crippen LogP) is 1.94. The summed E-state index contributed by atoms with van der Waals surface area (Å²) in [6.45, 7) is 4.59. The maximum atomic E-state index is 11.2. The Morgan fingerprint density at radius 3 is 2.33 bits per heavy atom. The normalized spacial score (nSPS) is 16.1. The van der Waals surface area contributed by atoms with Crippen LogP contribution in [0.4, 0.5) is 0 Å². The summed E-state index contributed by atoms with van der Waals surface area (Å²) in [7, 11) is -1.64. The van der Waals surface area contributed by atoms with E-state index >= 15 is 0 Å². The highest BCUT2D eigenvalue weighted by Gasteiger charge is 2.39. The van der Waals surface area contributed by atoms with E-state index in [9.17, 15) is 4.21 Å². The molecule has 0 spiro atoms. The molecule has 0 radical (unpaired) electrons. The molecule has 1 aromatic rings. The van der Waals surface area contributed by atoms with Crippen LogP contribution in [0.25, 0.3) is 0 Å². The van der Waals surface area contributed by atoms with Crippen LogP contribution in [0.15, 0.2) is 30.3 Å². The smallest absolute Gasteiger partial charge is 0.124 e. The first-order valence-electron chi connectivity index (χ1n) is 5.39. The molecule has 0 N–H and O–H groups in total. The van der Waals surface area contributed by atoms with E-state index in [4.69, 9.17) is 0 Å². The molecule has 80 valence electrons. The van der Waals surface area contributed by atoms with Crippen molar-refractivity contribution in [2.75, 3.05) is 0 Å². The molecular weight excluding hydrogens is 220 g/mol. The van der Waals surface area contributed by atoms with Gasteiger partial charge in [0.25, 0.3) is 0 Å². The summed E-state index contributed by atoms with van der Waals surface area (Å²) in [5.41, 5.74) is 0. The fourth-order valence-electron chi connectivity index (χ4n) is 2.03. The molecular formula is C12H16OSSi. The van der Waals surface area contributed by atoms with Gasteiger partial charge in [0.15, 0.2) is 0 Å². The van der Waals surface area contributed by atoms with Crippen LogP contribution < -0.4 is 5.19 Å². The fourth-order valence-corrected chi connectivity index (χ4v) is 6.20. The summed E-state index contributed by atoms with van der Waals surface area (Å²) in [5, 5.41) is 1.38. The monoisotopic (exact) mass is 236 g/mol. The average molecular weight is 236 g/mol. The molecule has 0 unspecified atom stereocenters. The van der Waals surface area contributed by atoms with E-state index < -0.39 is 8.07 Å². The lowest BCUT2D eigenvalue weighted by Crippen LogP contribution is -2.50. The Morgan fingerprint density at radius 2 is 1.87 bits per heavy atom. The highest BCUT2D eigenvalue weighted by molar-refractivity contribution is 7.73. The molecule has 1 fully saturated rings. The summed E-state index contributed by atoms with van der Waals surface area (Å²) in [5.74, 6) is 0.620. The van der Waals surface area contributed by atoms with E-state index in [0.29, 0.717) is 5.92 Å². The minimum atomic E-state index is -1.64. The van der Waals surface area contributed by atoms with Gasteiger partial charge < -0.3 is 0 Å². The SMILES string of the molecule is C[Si](C)(C(=S=O)C1CC1)c1ccccc1. The van der Waals surface area contributed by atoms with Crippen LogP contribution in [0.1, 0.15) is 12.8 Å². The fraction of sp³-hybridized carbons (Fsp3) is 0.417. The van der Waals surface area contributed by atoms with Crippen molar-refractivity contribution < 1.29 is 4.21 Å². The third kappa shape index (κ3) is 2.13. The van der Waals surface area contributed by atoms with Gasteiger partial charge in [-0.1, -0.05) is 48.6 Å². The van der Waals surface area contributed by atoms with Crippen molar-refractivity contribution in [2.45, 2.75) is 25.9 Å². The van der Waals surface area contributed by atoms with E-state index in [1.807, 2.05) is 6.07 Å². The summed E-state index contributed by atoms with van der Waals surface area (Å²) < 4.78 is 12.5. The highest BCUT2D eigenvalue weighted by Crippen LogP contribution is 2.33. The van der Waals surface area contributed by atoms with Gasteiger partial charge in [-0.05, 0) is 18.8 Å². The first-order valence-corrected chi connectivity index (χ1v) is 9.13. The highest BCUT2D eigenvalue weighted by atomic mass is 32.1. The van der Waals surface area contributed by atoms with E-state index in [0.717, 1.165) is 11.3 Å². The lowest BCUT2D eigenvalue weighted by atomic mass is 10.4. The molecule has 1 aromatic carbocycles. The van der Waals surface area contributed by atoms with Crippen LogP contribution in [-0.4, -0.2) is 16.8 Å². The van der Waals surface area contributed by atoms with Crippen molar-refractivity contribution in [3.8, 4) is 0 Å². The van der Waals surface area contributed by atoms with E-state index in [1.165, 1.54) is 22.5 Å². The lowest BCUT2D eigenvalue weighted by molar-refractivity contribution is 0.701. The predicted molar refractivity (Wildman–Crippen MR) is 69.4 cm³/mol. The maximum absolute atomic E-state index is 11.2. The first kappa shape index (κ1) is 10.8. The van der Waals surface area contributed by atoms with Crippen LogP contribution in [0.3, 0.4) is 0 Å². The van der Waals surface area contributed by atoms with Gasteiger partial charge in [-0.15, -0.1) is 0 Å². The van der Waals surface area contributed by atoms with Crippen molar-refractivity contribution >= 4 is 29.0 Å². The number of hydrogen-bond acceptors (Lipinski definition) is 1. The van der Waals surface area contributed by atoms with Gasteiger partial charge in [0.2, 0.25) is 0 Å². The largest absolute Gasteiger partial charge is 0.213 e. The van der Waals surface area contributed by atoms with E-state index in [-0.39, 0.29) is 0 Å². The molecule has 0 aliphatic heterocycles. The second kappa shape index (κ2) is 4.06. The quantitative estimate of drug-likeness (QED) is 0.579. The molecule has 0 heterocycles. The van der Waals surface area contributed by atoms with Crippen molar-refractivity contribution in [3.63, 3.8) is 0 Å². The Bertz CT molecular complexity index is 403. The van der Waals surface area contributed by atoms with Crippen LogP contribution in [0.2, 0.25) is 13.1 Å². The van der Waals surface area contributed by atoms with Gasteiger partial charge in [0.1, 0.15) is 8.07 Å². The van der Waals surface area contributed by atoms with Crippen LogP contribution in [0, 0.1) is 5.92 Å². The van der Waals surface area contributed by atoms with Crippen molar-refractivity contribution in [2.24, 2.45) is 5.92 Å². The van der Waals surface area contributed by atoms with Crippen LogP contribution in [0.5, 0.6) is 0 Å². The van der Waals surface area contributed by atoms with Gasteiger partial charge >= 0.3 is 0 Å². The number of hydrogen-bond donors (Lipinski definition) is 0. The second-order valence-corrected chi connectivity index (χ2v) is 10.0. The zero-order valence-electron chi connectivity index (χ0n) is 9.19. The van der Waals surface area contributed by atoms with Gasteiger partial charge in [-0.2, -0.15) is 0 Å². The Balaban J connectivity index is 2.37. The molecule has 1 nitrogen and oxygen atoms in total. The average Bonchev–Trinajstić information content (AvgIpc) is 3.04. The molecule has 1 saturated carbocycles. The Morgan fingerprint density at radius 1 is 1.27 bits per heavy atom. The second-order valence-electron chi connectivity index (χ2n) is 4.71. The maximum Gasteiger partial charge on any atom is 0.124 e. The summed E-state index contributed by atoms with van der Waals surface area (Å²) >= 11 is 0.771. The molecule has 1 aliphatic rings. The topological polar surface area (TPSA) is 17.1 Å². The molecule has 0 saturated heterocycles. The zero-order valence-corrected chi connectivity index (χ0v) is 11.0. The zero-order chi connectivity index (χ0) is 10.9. The molecule has 1 aliphatic carbocycles. The first-order chi connectivity index (χ1) is 7.16. The molecule has 15 heavy (non-hydrogen) atoms. The van der Waals surface area contributed by atoms with Crippen molar-refractivity contribution in [1.82, 2.24) is 0 Å². The van der Waals surface area contributed by atoms with E-state index in [1.54, 1.807) is 0 Å². The van der Waals surface area contributed by atoms with Gasteiger partial charge in [-0.3, -0.25) is 0 Å². The summed E-state index contributed by atoms with van der Waals surface area (Å²) in [4.78, 5) is 0. The minimum absolute atomic E-state index is 0.620. The molecule has 0 amide bonds. The molecule has 0 aromatic heterocycles. The standard InChI is InChI=1S/C12H16OSSi/c1-15(2,11-6-4-3-5-7-11)12(14-13)10-8-9-10/h3-7,10H,8-9H2,1-2H3. The summed E-state index contributed by atoms with van der Waals surface area (Å²) in [6.07, 6.45) is 2.46. The van der Waals surface area contributed by atoms with Gasteiger partial charge in [-0.25, -0.2) is 4.21 Å². The van der Waals surface area contributed by atoms with Gasteiger partial charge in [0.05, 0.1) is 11.3 Å². The Kier molecular flexibility index (Phi) is 2.93. The van der Waals surface area contributed by atoms with Crippen molar-refractivity contribution in [3.05, 3.63) is 30.3 Å². The third-order valence-corrected chi connectivity index (χ3v) is 8.86. The van der Waals surface area contributed by atoms with Crippen LogP contribution in [-0.2, 0) is 11.3 Å².